The standard InChI is InChI=1S/C10H12ClN3O2/c11-8-6-10(12-7-9(8)14(15)16)13-4-2-1-3-5-13/h6-7H,1-5H2. The second-order valence-corrected chi connectivity index (χ2v) is 4.21. The summed E-state index contributed by atoms with van der Waals surface area (Å²) in [5, 5.41) is 10.7. The summed E-state index contributed by atoms with van der Waals surface area (Å²) in [5.74, 6) is 0.732. The Balaban J connectivity index is 2.23. The summed E-state index contributed by atoms with van der Waals surface area (Å²) in [5.41, 5.74) is -0.137. The average Bonchev–Trinajstić information content (AvgIpc) is 2.29. The third kappa shape index (κ3) is 2.24. The molecule has 0 bridgehead atoms. The van der Waals surface area contributed by atoms with Gasteiger partial charge in [-0.25, -0.2) is 4.98 Å². The van der Waals surface area contributed by atoms with Crippen LogP contribution in [0.3, 0.4) is 0 Å². The van der Waals surface area contributed by atoms with Gasteiger partial charge in [0, 0.05) is 19.2 Å². The molecular formula is C10H12ClN3O2. The Morgan fingerprint density at radius 2 is 2.06 bits per heavy atom. The van der Waals surface area contributed by atoms with Crippen molar-refractivity contribution in [3.63, 3.8) is 0 Å². The molecule has 0 unspecified atom stereocenters. The minimum atomic E-state index is -0.519. The molecule has 1 aliphatic rings. The number of anilines is 1. The molecule has 16 heavy (non-hydrogen) atoms. The summed E-state index contributed by atoms with van der Waals surface area (Å²) in [4.78, 5) is 16.3. The molecule has 0 radical (unpaired) electrons. The lowest BCUT2D eigenvalue weighted by Crippen LogP contribution is -2.30. The van der Waals surface area contributed by atoms with Crippen molar-refractivity contribution >= 4 is 23.1 Å². The lowest BCUT2D eigenvalue weighted by atomic mass is 10.1. The van der Waals surface area contributed by atoms with Gasteiger partial charge in [-0.3, -0.25) is 10.1 Å². The van der Waals surface area contributed by atoms with Gasteiger partial charge in [0.1, 0.15) is 17.0 Å². The Hall–Kier alpha value is -1.36. The highest BCUT2D eigenvalue weighted by Crippen LogP contribution is 2.27. The van der Waals surface area contributed by atoms with E-state index in [2.05, 4.69) is 9.88 Å². The summed E-state index contributed by atoms with van der Waals surface area (Å²) in [6, 6.07) is 1.57. The number of rotatable bonds is 2. The van der Waals surface area contributed by atoms with Crippen molar-refractivity contribution in [1.29, 1.82) is 0 Å². The summed E-state index contributed by atoms with van der Waals surface area (Å²) in [6.45, 7) is 1.89. The van der Waals surface area contributed by atoms with Gasteiger partial charge in [-0.05, 0) is 19.3 Å². The van der Waals surface area contributed by atoms with Gasteiger partial charge in [-0.15, -0.1) is 0 Å². The summed E-state index contributed by atoms with van der Waals surface area (Å²) >= 11 is 5.84. The molecule has 1 fully saturated rings. The molecule has 0 N–H and O–H groups in total. The molecule has 0 atom stereocenters. The highest BCUT2D eigenvalue weighted by atomic mass is 35.5. The molecule has 0 aliphatic carbocycles. The van der Waals surface area contributed by atoms with E-state index in [1.54, 1.807) is 6.07 Å². The van der Waals surface area contributed by atoms with Crippen LogP contribution < -0.4 is 4.90 Å². The fourth-order valence-corrected chi connectivity index (χ4v) is 2.06. The monoisotopic (exact) mass is 241 g/mol. The molecule has 0 amide bonds. The molecule has 0 spiro atoms. The smallest absolute Gasteiger partial charge is 0.306 e. The first kappa shape index (κ1) is 11.1. The van der Waals surface area contributed by atoms with Crippen LogP contribution in [-0.2, 0) is 0 Å². The van der Waals surface area contributed by atoms with E-state index in [-0.39, 0.29) is 10.7 Å². The average molecular weight is 242 g/mol. The van der Waals surface area contributed by atoms with E-state index in [0.29, 0.717) is 0 Å². The van der Waals surface area contributed by atoms with Crippen molar-refractivity contribution in [2.45, 2.75) is 19.3 Å². The second-order valence-electron chi connectivity index (χ2n) is 3.80. The van der Waals surface area contributed by atoms with Gasteiger partial charge in [0.2, 0.25) is 0 Å². The first-order chi connectivity index (χ1) is 7.68. The van der Waals surface area contributed by atoms with Gasteiger partial charge in [0.25, 0.3) is 0 Å². The van der Waals surface area contributed by atoms with Crippen molar-refractivity contribution in [3.8, 4) is 0 Å². The molecule has 86 valence electrons. The number of aromatic nitrogens is 1. The minimum absolute atomic E-state index is 0.137. The fraction of sp³-hybridized carbons (Fsp3) is 0.500. The van der Waals surface area contributed by atoms with Crippen LogP contribution in [0.2, 0.25) is 5.02 Å². The molecule has 1 saturated heterocycles. The van der Waals surface area contributed by atoms with E-state index >= 15 is 0 Å². The summed E-state index contributed by atoms with van der Waals surface area (Å²) in [6.07, 6.45) is 4.73. The first-order valence-electron chi connectivity index (χ1n) is 5.23. The predicted octanol–water partition coefficient (Wildman–Crippen LogP) is 2.63. The summed E-state index contributed by atoms with van der Waals surface area (Å²) < 4.78 is 0. The highest BCUT2D eigenvalue weighted by Gasteiger charge is 2.17. The number of hydrogen-bond donors (Lipinski definition) is 0. The molecule has 1 aromatic heterocycles. The lowest BCUT2D eigenvalue weighted by molar-refractivity contribution is -0.385. The Morgan fingerprint density at radius 1 is 1.38 bits per heavy atom. The lowest BCUT2D eigenvalue weighted by Gasteiger charge is -2.27. The number of halogens is 1. The van der Waals surface area contributed by atoms with Crippen molar-refractivity contribution in [2.24, 2.45) is 0 Å². The predicted molar refractivity (Wildman–Crippen MR) is 62.0 cm³/mol. The van der Waals surface area contributed by atoms with E-state index in [0.717, 1.165) is 31.7 Å². The van der Waals surface area contributed by atoms with E-state index in [1.165, 1.54) is 12.6 Å². The Bertz CT molecular complexity index is 405. The van der Waals surface area contributed by atoms with Crippen molar-refractivity contribution in [1.82, 2.24) is 4.98 Å². The number of hydrogen-bond acceptors (Lipinski definition) is 4. The molecule has 1 aromatic rings. The molecule has 0 saturated carbocycles. The Morgan fingerprint density at radius 3 is 2.62 bits per heavy atom. The maximum atomic E-state index is 10.6. The molecule has 2 heterocycles. The normalized spacial score (nSPS) is 16.2. The van der Waals surface area contributed by atoms with Gasteiger partial charge in [-0.2, -0.15) is 0 Å². The topological polar surface area (TPSA) is 59.3 Å². The third-order valence-corrected chi connectivity index (χ3v) is 3.00. The van der Waals surface area contributed by atoms with E-state index in [1.807, 2.05) is 0 Å². The SMILES string of the molecule is O=[N+]([O-])c1cnc(N2CCCCC2)cc1Cl. The zero-order valence-corrected chi connectivity index (χ0v) is 9.48. The molecule has 0 aromatic carbocycles. The molecular weight excluding hydrogens is 230 g/mol. The van der Waals surface area contributed by atoms with E-state index in [4.69, 9.17) is 11.6 Å². The third-order valence-electron chi connectivity index (χ3n) is 2.70. The van der Waals surface area contributed by atoms with Gasteiger partial charge < -0.3 is 4.90 Å². The zero-order chi connectivity index (χ0) is 11.5. The maximum absolute atomic E-state index is 10.6. The number of nitro groups is 1. The number of piperidine rings is 1. The molecule has 6 heteroatoms. The van der Waals surface area contributed by atoms with Crippen LogP contribution >= 0.6 is 11.6 Å². The van der Waals surface area contributed by atoms with Crippen LogP contribution in [0.4, 0.5) is 11.5 Å². The van der Waals surface area contributed by atoms with Crippen molar-refractivity contribution in [2.75, 3.05) is 18.0 Å². The zero-order valence-electron chi connectivity index (χ0n) is 8.73. The van der Waals surface area contributed by atoms with E-state index in [9.17, 15) is 10.1 Å². The van der Waals surface area contributed by atoms with Crippen molar-refractivity contribution < 1.29 is 4.92 Å². The van der Waals surface area contributed by atoms with Crippen LogP contribution in [0.1, 0.15) is 19.3 Å². The molecule has 5 nitrogen and oxygen atoms in total. The van der Waals surface area contributed by atoms with Crippen LogP contribution in [0.25, 0.3) is 0 Å². The van der Waals surface area contributed by atoms with Gasteiger partial charge in [0.05, 0.1) is 4.92 Å². The largest absolute Gasteiger partial charge is 0.357 e. The van der Waals surface area contributed by atoms with Crippen LogP contribution in [0.15, 0.2) is 12.3 Å². The summed E-state index contributed by atoms with van der Waals surface area (Å²) in [7, 11) is 0. The minimum Gasteiger partial charge on any atom is -0.357 e. The maximum Gasteiger partial charge on any atom is 0.306 e. The molecule has 1 aliphatic heterocycles. The van der Waals surface area contributed by atoms with Gasteiger partial charge in [-0.1, -0.05) is 11.6 Å². The quantitative estimate of drug-likeness (QED) is 0.590. The number of nitrogens with zero attached hydrogens (tertiary/aromatic N) is 3. The van der Waals surface area contributed by atoms with Crippen LogP contribution in [0.5, 0.6) is 0 Å². The fourth-order valence-electron chi connectivity index (χ4n) is 1.84. The highest BCUT2D eigenvalue weighted by molar-refractivity contribution is 6.32. The van der Waals surface area contributed by atoms with Gasteiger partial charge >= 0.3 is 5.69 Å². The second kappa shape index (κ2) is 4.65. The van der Waals surface area contributed by atoms with Gasteiger partial charge in [0.15, 0.2) is 0 Å². The Kier molecular flexibility index (Phi) is 3.24. The van der Waals surface area contributed by atoms with Crippen molar-refractivity contribution in [3.05, 3.63) is 27.4 Å². The Labute approximate surface area is 98.2 Å². The molecule has 2 rings (SSSR count). The van der Waals surface area contributed by atoms with Crippen LogP contribution in [-0.4, -0.2) is 23.0 Å². The van der Waals surface area contributed by atoms with E-state index < -0.39 is 4.92 Å². The first-order valence-corrected chi connectivity index (χ1v) is 5.61. The number of pyridine rings is 1. The van der Waals surface area contributed by atoms with Crippen LogP contribution in [0, 0.1) is 10.1 Å².